The van der Waals surface area contributed by atoms with E-state index < -0.39 is 0 Å². The predicted molar refractivity (Wildman–Crippen MR) is 85.8 cm³/mol. The Kier molecular flexibility index (Phi) is 4.46. The zero-order valence-corrected chi connectivity index (χ0v) is 14.8. The molecular weight excluding hydrogens is 322 g/mol. The molecule has 0 radical (unpaired) electrons. The SMILES string of the molecule is CCNC(c1csc(Br)c1)C1CC(C)(C)OC1(C)C. The van der Waals surface area contributed by atoms with Crippen molar-refractivity contribution < 1.29 is 4.74 Å². The molecule has 1 saturated heterocycles. The van der Waals surface area contributed by atoms with Crippen LogP contribution >= 0.6 is 27.3 Å². The first-order valence-electron chi connectivity index (χ1n) is 6.92. The molecule has 1 fully saturated rings. The third-order valence-electron chi connectivity index (χ3n) is 3.92. The third kappa shape index (κ3) is 3.41. The minimum atomic E-state index is -0.0925. The van der Waals surface area contributed by atoms with Crippen LogP contribution in [0.2, 0.25) is 0 Å². The third-order valence-corrected chi connectivity index (χ3v) is 5.44. The van der Waals surface area contributed by atoms with E-state index in [0.717, 1.165) is 13.0 Å². The van der Waals surface area contributed by atoms with Crippen LogP contribution in [0.5, 0.6) is 0 Å². The van der Waals surface area contributed by atoms with Crippen LogP contribution in [0.1, 0.15) is 52.6 Å². The number of nitrogens with one attached hydrogen (secondary N) is 1. The first kappa shape index (κ1) is 15.5. The van der Waals surface area contributed by atoms with Gasteiger partial charge in [-0.25, -0.2) is 0 Å². The first-order valence-corrected chi connectivity index (χ1v) is 8.60. The van der Waals surface area contributed by atoms with Gasteiger partial charge in [-0.15, -0.1) is 11.3 Å². The second-order valence-electron chi connectivity index (χ2n) is 6.50. The molecule has 2 rings (SSSR count). The molecule has 1 N–H and O–H groups in total. The molecule has 0 aromatic carbocycles. The maximum Gasteiger partial charge on any atom is 0.0701 e. The molecule has 0 aliphatic carbocycles. The molecule has 2 atom stereocenters. The van der Waals surface area contributed by atoms with Crippen LogP contribution in [-0.2, 0) is 4.74 Å². The molecule has 1 aliphatic heterocycles. The molecule has 0 spiro atoms. The van der Waals surface area contributed by atoms with Gasteiger partial charge in [0.2, 0.25) is 0 Å². The van der Waals surface area contributed by atoms with E-state index >= 15 is 0 Å². The summed E-state index contributed by atoms with van der Waals surface area (Å²) in [6.45, 7) is 12.0. The Bertz CT molecular complexity index is 441. The fourth-order valence-electron chi connectivity index (χ4n) is 3.32. The summed E-state index contributed by atoms with van der Waals surface area (Å²) in [6.07, 6.45) is 1.09. The standard InChI is InChI=1S/C15H24BrNOS/c1-6-17-13(10-7-12(16)19-9-10)11-8-14(2,3)18-15(11,4)5/h7,9,11,13,17H,6,8H2,1-5H3. The average Bonchev–Trinajstić information content (AvgIpc) is 2.76. The molecular formula is C15H24BrNOS. The Morgan fingerprint density at radius 2 is 2.16 bits per heavy atom. The number of thiophene rings is 1. The Morgan fingerprint density at radius 1 is 1.47 bits per heavy atom. The van der Waals surface area contributed by atoms with E-state index in [1.54, 1.807) is 11.3 Å². The Balaban J connectivity index is 2.29. The normalized spacial score (nSPS) is 26.5. The molecule has 2 nitrogen and oxygen atoms in total. The maximum absolute atomic E-state index is 6.26. The van der Waals surface area contributed by atoms with E-state index in [9.17, 15) is 0 Å². The molecule has 1 aliphatic rings. The summed E-state index contributed by atoms with van der Waals surface area (Å²) >= 11 is 5.32. The van der Waals surface area contributed by atoms with Crippen molar-refractivity contribution in [1.29, 1.82) is 0 Å². The summed E-state index contributed by atoms with van der Waals surface area (Å²) in [5.41, 5.74) is 1.25. The van der Waals surface area contributed by atoms with Gasteiger partial charge in [-0.2, -0.15) is 0 Å². The lowest BCUT2D eigenvalue weighted by molar-refractivity contribution is -0.0778. The van der Waals surface area contributed by atoms with E-state index in [0.29, 0.717) is 12.0 Å². The zero-order valence-electron chi connectivity index (χ0n) is 12.4. The molecule has 0 amide bonds. The molecule has 1 aromatic heterocycles. The van der Waals surface area contributed by atoms with Crippen molar-refractivity contribution in [3.63, 3.8) is 0 Å². The van der Waals surface area contributed by atoms with E-state index in [4.69, 9.17) is 4.74 Å². The van der Waals surface area contributed by atoms with Gasteiger partial charge in [-0.05, 0) is 73.6 Å². The number of halogens is 1. The topological polar surface area (TPSA) is 21.3 Å². The van der Waals surface area contributed by atoms with Crippen molar-refractivity contribution in [2.45, 2.75) is 58.3 Å². The Labute approximate surface area is 129 Å². The molecule has 0 saturated carbocycles. The minimum absolute atomic E-state index is 0.0326. The number of hydrogen-bond donors (Lipinski definition) is 1. The monoisotopic (exact) mass is 345 g/mol. The average molecular weight is 346 g/mol. The van der Waals surface area contributed by atoms with Crippen molar-refractivity contribution in [3.8, 4) is 0 Å². The van der Waals surface area contributed by atoms with Crippen molar-refractivity contribution in [2.24, 2.45) is 5.92 Å². The highest BCUT2D eigenvalue weighted by molar-refractivity contribution is 9.11. The first-order chi connectivity index (χ1) is 8.75. The van der Waals surface area contributed by atoms with Crippen LogP contribution in [0.3, 0.4) is 0 Å². The molecule has 2 unspecified atom stereocenters. The molecule has 108 valence electrons. The summed E-state index contributed by atoms with van der Waals surface area (Å²) in [5.74, 6) is 0.490. The lowest BCUT2D eigenvalue weighted by atomic mass is 9.79. The number of ether oxygens (including phenoxy) is 1. The van der Waals surface area contributed by atoms with E-state index in [1.165, 1.54) is 9.35 Å². The van der Waals surface area contributed by atoms with Gasteiger partial charge >= 0.3 is 0 Å². The summed E-state index contributed by atoms with van der Waals surface area (Å²) in [4.78, 5) is 0. The van der Waals surface area contributed by atoms with Gasteiger partial charge in [0, 0.05) is 12.0 Å². The van der Waals surface area contributed by atoms with Crippen molar-refractivity contribution in [1.82, 2.24) is 5.32 Å². The summed E-state index contributed by atoms with van der Waals surface area (Å²) < 4.78 is 7.45. The van der Waals surface area contributed by atoms with Crippen LogP contribution in [0, 0.1) is 5.92 Å². The van der Waals surface area contributed by atoms with Gasteiger partial charge in [0.1, 0.15) is 0 Å². The van der Waals surface area contributed by atoms with Gasteiger partial charge < -0.3 is 10.1 Å². The molecule has 4 heteroatoms. The smallest absolute Gasteiger partial charge is 0.0701 e. The van der Waals surface area contributed by atoms with Crippen molar-refractivity contribution >= 4 is 27.3 Å². The van der Waals surface area contributed by atoms with Crippen LogP contribution in [0.25, 0.3) is 0 Å². The quantitative estimate of drug-likeness (QED) is 0.849. The Hall–Kier alpha value is 0.1000. The highest BCUT2D eigenvalue weighted by Crippen LogP contribution is 2.48. The second kappa shape index (κ2) is 5.47. The van der Waals surface area contributed by atoms with Gasteiger partial charge in [-0.1, -0.05) is 6.92 Å². The van der Waals surface area contributed by atoms with Gasteiger partial charge in [-0.3, -0.25) is 0 Å². The van der Waals surface area contributed by atoms with Crippen molar-refractivity contribution in [2.75, 3.05) is 6.54 Å². The molecule has 19 heavy (non-hydrogen) atoms. The van der Waals surface area contributed by atoms with Crippen LogP contribution in [0.15, 0.2) is 15.2 Å². The van der Waals surface area contributed by atoms with Crippen LogP contribution in [-0.4, -0.2) is 17.7 Å². The zero-order chi connectivity index (χ0) is 14.3. The largest absolute Gasteiger partial charge is 0.369 e. The van der Waals surface area contributed by atoms with Gasteiger partial charge in [0.25, 0.3) is 0 Å². The summed E-state index contributed by atoms with van der Waals surface area (Å²) in [7, 11) is 0. The molecule has 0 bridgehead atoms. The highest BCUT2D eigenvalue weighted by atomic mass is 79.9. The second-order valence-corrected chi connectivity index (χ2v) is 8.79. The van der Waals surface area contributed by atoms with E-state index in [-0.39, 0.29) is 11.2 Å². The fourth-order valence-corrected chi connectivity index (χ4v) is 4.54. The number of rotatable bonds is 4. The van der Waals surface area contributed by atoms with Crippen LogP contribution in [0.4, 0.5) is 0 Å². The predicted octanol–water partition coefficient (Wildman–Crippen LogP) is 4.75. The Morgan fingerprint density at radius 3 is 2.58 bits per heavy atom. The minimum Gasteiger partial charge on any atom is -0.369 e. The lowest BCUT2D eigenvalue weighted by Gasteiger charge is -2.33. The fraction of sp³-hybridized carbons (Fsp3) is 0.733. The van der Waals surface area contributed by atoms with E-state index in [2.05, 4.69) is 67.3 Å². The summed E-state index contributed by atoms with van der Waals surface area (Å²) in [6, 6.07) is 2.60. The highest BCUT2D eigenvalue weighted by Gasteiger charge is 2.49. The summed E-state index contributed by atoms with van der Waals surface area (Å²) in [5, 5.41) is 5.90. The lowest BCUT2D eigenvalue weighted by Crippen LogP contribution is -2.38. The molecule has 2 heterocycles. The van der Waals surface area contributed by atoms with Gasteiger partial charge in [0.15, 0.2) is 0 Å². The van der Waals surface area contributed by atoms with E-state index in [1.807, 2.05) is 0 Å². The van der Waals surface area contributed by atoms with Gasteiger partial charge in [0.05, 0.1) is 15.0 Å². The van der Waals surface area contributed by atoms with Crippen LogP contribution < -0.4 is 5.32 Å². The number of hydrogen-bond acceptors (Lipinski definition) is 3. The maximum atomic E-state index is 6.26. The van der Waals surface area contributed by atoms with Crippen molar-refractivity contribution in [3.05, 3.63) is 20.8 Å². The molecule has 1 aromatic rings.